The lowest BCUT2D eigenvalue weighted by atomic mass is 10.1. The van der Waals surface area contributed by atoms with Gasteiger partial charge in [0, 0.05) is 12.1 Å². The molecule has 0 heterocycles. The van der Waals surface area contributed by atoms with Crippen molar-refractivity contribution in [3.63, 3.8) is 0 Å². The Balaban J connectivity index is 2.11. The molecule has 162 valence electrons. The molecule has 0 saturated carbocycles. The van der Waals surface area contributed by atoms with Crippen molar-refractivity contribution in [3.05, 3.63) is 41.5 Å². The molecule has 2 rings (SSSR count). The van der Waals surface area contributed by atoms with Crippen molar-refractivity contribution >= 4 is 11.8 Å². The van der Waals surface area contributed by atoms with Crippen molar-refractivity contribution in [1.29, 1.82) is 0 Å². The molecule has 0 fully saturated rings. The topological polar surface area (TPSA) is 125 Å². The minimum atomic E-state index is -0.696. The molecule has 0 aliphatic carbocycles. The van der Waals surface area contributed by atoms with Crippen molar-refractivity contribution in [2.45, 2.75) is 6.54 Å². The van der Waals surface area contributed by atoms with Crippen LogP contribution in [0.2, 0.25) is 0 Å². The summed E-state index contributed by atoms with van der Waals surface area (Å²) in [6.45, 7) is -0.159. The van der Waals surface area contributed by atoms with E-state index in [4.69, 9.17) is 28.9 Å². The normalized spacial score (nSPS) is 10.0. The molecule has 0 aliphatic heterocycles. The second-order valence-corrected chi connectivity index (χ2v) is 5.91. The number of hydrogen-bond acceptors (Lipinski definition) is 8. The maximum absolute atomic E-state index is 12.6. The van der Waals surface area contributed by atoms with Crippen molar-refractivity contribution in [2.75, 3.05) is 35.0 Å². The lowest BCUT2D eigenvalue weighted by molar-refractivity contribution is -0.131. The van der Waals surface area contributed by atoms with Crippen LogP contribution in [0.15, 0.2) is 30.3 Å². The fraction of sp³-hybridized carbons (Fsp3) is 0.300. The Morgan fingerprint density at radius 3 is 2.03 bits per heavy atom. The van der Waals surface area contributed by atoms with Gasteiger partial charge in [-0.05, 0) is 29.8 Å². The zero-order valence-electron chi connectivity index (χ0n) is 17.1. The number of benzene rings is 2. The third-order valence-electron chi connectivity index (χ3n) is 4.09. The number of nitrogens with one attached hydrogen (secondary N) is 2. The molecule has 0 aromatic heterocycles. The largest absolute Gasteiger partial charge is 0.493 e. The quantitative estimate of drug-likeness (QED) is 0.391. The average molecular weight is 420 g/mol. The van der Waals surface area contributed by atoms with Gasteiger partial charge < -0.3 is 29.0 Å². The summed E-state index contributed by atoms with van der Waals surface area (Å²) in [7, 11) is 5.88. The molecule has 0 bridgehead atoms. The highest BCUT2D eigenvalue weighted by Crippen LogP contribution is 2.38. The van der Waals surface area contributed by atoms with E-state index in [0.717, 1.165) is 5.56 Å². The van der Waals surface area contributed by atoms with Crippen molar-refractivity contribution in [2.24, 2.45) is 0 Å². The van der Waals surface area contributed by atoms with Gasteiger partial charge in [-0.25, -0.2) is 5.48 Å². The highest BCUT2D eigenvalue weighted by Gasteiger charge is 2.17. The van der Waals surface area contributed by atoms with Crippen LogP contribution in [0.1, 0.15) is 15.9 Å². The molecule has 30 heavy (non-hydrogen) atoms. The third kappa shape index (κ3) is 5.45. The lowest BCUT2D eigenvalue weighted by Gasteiger charge is -2.14. The van der Waals surface area contributed by atoms with Crippen molar-refractivity contribution in [1.82, 2.24) is 10.8 Å². The van der Waals surface area contributed by atoms with E-state index in [2.05, 4.69) is 5.32 Å². The van der Waals surface area contributed by atoms with Crippen LogP contribution >= 0.6 is 0 Å². The predicted octanol–water partition coefficient (Wildman–Crippen LogP) is 1.54. The standard InChI is InChI=1S/C20H24N2O8/c1-26-15-7-12(5-6-14(15)30-11-18(23)22-25)10-21-20(24)13-8-16(27-2)19(29-4)17(9-13)28-3/h5-9,25H,10-11H2,1-4H3,(H,21,24)(H,22,23). The first-order chi connectivity index (χ1) is 14.5. The summed E-state index contributed by atoms with van der Waals surface area (Å²) in [4.78, 5) is 23.7. The number of rotatable bonds is 10. The van der Waals surface area contributed by atoms with Crippen LogP contribution in [-0.4, -0.2) is 52.1 Å². The smallest absolute Gasteiger partial charge is 0.281 e. The first-order valence-corrected chi connectivity index (χ1v) is 8.78. The molecule has 2 amide bonds. The summed E-state index contributed by atoms with van der Waals surface area (Å²) in [6, 6.07) is 8.09. The van der Waals surface area contributed by atoms with Crippen LogP contribution in [-0.2, 0) is 11.3 Å². The molecule has 2 aromatic carbocycles. The van der Waals surface area contributed by atoms with Gasteiger partial charge in [0.25, 0.3) is 11.8 Å². The van der Waals surface area contributed by atoms with Crippen LogP contribution in [0.25, 0.3) is 0 Å². The Bertz CT molecular complexity index is 875. The number of carbonyl (C=O) groups is 2. The predicted molar refractivity (Wildman–Crippen MR) is 106 cm³/mol. The van der Waals surface area contributed by atoms with E-state index in [0.29, 0.717) is 34.3 Å². The van der Waals surface area contributed by atoms with E-state index in [1.54, 1.807) is 30.3 Å². The van der Waals surface area contributed by atoms with Crippen LogP contribution in [0.5, 0.6) is 28.7 Å². The highest BCUT2D eigenvalue weighted by atomic mass is 16.5. The monoisotopic (exact) mass is 420 g/mol. The Hall–Kier alpha value is -3.66. The summed E-state index contributed by atoms with van der Waals surface area (Å²) in [5.41, 5.74) is 2.56. The van der Waals surface area contributed by atoms with Crippen molar-refractivity contribution < 1.29 is 38.5 Å². The number of amides is 2. The molecule has 2 aromatic rings. The van der Waals surface area contributed by atoms with Crippen LogP contribution in [0.4, 0.5) is 0 Å². The summed E-state index contributed by atoms with van der Waals surface area (Å²) >= 11 is 0. The van der Waals surface area contributed by atoms with E-state index in [1.807, 2.05) is 0 Å². The number of ether oxygens (including phenoxy) is 5. The minimum absolute atomic E-state index is 0.212. The van der Waals surface area contributed by atoms with Gasteiger partial charge in [0.2, 0.25) is 5.75 Å². The Morgan fingerprint density at radius 1 is 0.867 bits per heavy atom. The molecule has 3 N–H and O–H groups in total. The second kappa shape index (κ2) is 10.8. The number of carbonyl (C=O) groups excluding carboxylic acids is 2. The maximum atomic E-state index is 12.6. The van der Waals surface area contributed by atoms with E-state index >= 15 is 0 Å². The van der Waals surface area contributed by atoms with E-state index in [9.17, 15) is 9.59 Å². The van der Waals surface area contributed by atoms with Gasteiger partial charge in [-0.1, -0.05) is 6.07 Å². The second-order valence-electron chi connectivity index (χ2n) is 5.91. The highest BCUT2D eigenvalue weighted by molar-refractivity contribution is 5.95. The average Bonchev–Trinajstić information content (AvgIpc) is 2.79. The van der Waals surface area contributed by atoms with Crippen LogP contribution in [0.3, 0.4) is 0 Å². The zero-order valence-corrected chi connectivity index (χ0v) is 17.1. The van der Waals surface area contributed by atoms with Gasteiger partial charge in [0.1, 0.15) is 0 Å². The van der Waals surface area contributed by atoms with Crippen LogP contribution in [0, 0.1) is 0 Å². The number of hydrogen-bond donors (Lipinski definition) is 3. The fourth-order valence-electron chi connectivity index (χ4n) is 2.61. The zero-order chi connectivity index (χ0) is 22.1. The lowest BCUT2D eigenvalue weighted by Crippen LogP contribution is -2.25. The molecular formula is C20H24N2O8. The van der Waals surface area contributed by atoms with Gasteiger partial charge in [-0.3, -0.25) is 14.8 Å². The number of hydroxylamine groups is 1. The number of methoxy groups -OCH3 is 4. The Morgan fingerprint density at radius 2 is 1.50 bits per heavy atom. The summed E-state index contributed by atoms with van der Waals surface area (Å²) in [5.74, 6) is 0.800. The minimum Gasteiger partial charge on any atom is -0.493 e. The van der Waals surface area contributed by atoms with E-state index in [-0.39, 0.29) is 19.1 Å². The summed E-state index contributed by atoms with van der Waals surface area (Å²) in [5, 5.41) is 11.3. The molecule has 0 aliphatic rings. The van der Waals surface area contributed by atoms with Crippen LogP contribution < -0.4 is 34.5 Å². The van der Waals surface area contributed by atoms with Crippen molar-refractivity contribution in [3.8, 4) is 28.7 Å². The molecule has 10 heteroatoms. The molecule has 0 saturated heterocycles. The molecule has 0 unspecified atom stereocenters. The molecule has 0 radical (unpaired) electrons. The first-order valence-electron chi connectivity index (χ1n) is 8.78. The SMILES string of the molecule is COc1cc(CNC(=O)c2cc(OC)c(OC)c(OC)c2)ccc1OCC(=O)NO. The van der Waals surface area contributed by atoms with Gasteiger partial charge in [0.15, 0.2) is 29.6 Å². The molecular weight excluding hydrogens is 396 g/mol. The fourth-order valence-corrected chi connectivity index (χ4v) is 2.61. The molecule has 0 atom stereocenters. The van der Waals surface area contributed by atoms with E-state index < -0.39 is 5.91 Å². The Kier molecular flexibility index (Phi) is 8.12. The molecule has 10 nitrogen and oxygen atoms in total. The maximum Gasteiger partial charge on any atom is 0.281 e. The van der Waals surface area contributed by atoms with Gasteiger partial charge in [-0.15, -0.1) is 0 Å². The van der Waals surface area contributed by atoms with Gasteiger partial charge in [0.05, 0.1) is 28.4 Å². The third-order valence-corrected chi connectivity index (χ3v) is 4.09. The molecule has 0 spiro atoms. The first kappa shape index (κ1) is 22.6. The Labute approximate surface area is 173 Å². The summed E-state index contributed by atoms with van der Waals surface area (Å²) in [6.07, 6.45) is 0. The van der Waals surface area contributed by atoms with E-state index in [1.165, 1.54) is 33.9 Å². The van der Waals surface area contributed by atoms with Gasteiger partial charge >= 0.3 is 0 Å². The summed E-state index contributed by atoms with van der Waals surface area (Å²) < 4.78 is 26.3. The van der Waals surface area contributed by atoms with Gasteiger partial charge in [-0.2, -0.15) is 0 Å².